The molecule has 266 valence electrons. The fourth-order valence-corrected chi connectivity index (χ4v) is 7.90. The number of aliphatic hydroxyl groups is 1. The topological polar surface area (TPSA) is 150 Å². The van der Waals surface area contributed by atoms with Gasteiger partial charge in [-0.1, -0.05) is 62.4 Å². The Hall–Kier alpha value is -4.27. The highest BCUT2D eigenvalue weighted by Crippen LogP contribution is 2.33. The summed E-state index contributed by atoms with van der Waals surface area (Å²) in [4.78, 5) is 17.8. The molecule has 6 rings (SSSR count). The monoisotopic (exact) mass is 705 g/mol. The van der Waals surface area contributed by atoms with Gasteiger partial charge >= 0.3 is 6.09 Å². The lowest BCUT2D eigenvalue weighted by atomic mass is 10.0. The van der Waals surface area contributed by atoms with Gasteiger partial charge in [0.2, 0.25) is 15.9 Å². The fourth-order valence-electron chi connectivity index (χ4n) is 6.28. The van der Waals surface area contributed by atoms with Crippen LogP contribution in [0.15, 0.2) is 94.4 Å². The number of benzene rings is 3. The summed E-state index contributed by atoms with van der Waals surface area (Å²) in [5.74, 6) is 0.988. The molecule has 2 aliphatic heterocycles. The Labute approximate surface area is 292 Å². The van der Waals surface area contributed by atoms with Crippen molar-refractivity contribution in [2.45, 2.75) is 56.1 Å². The highest BCUT2D eigenvalue weighted by Gasteiger charge is 2.44. The Kier molecular flexibility index (Phi) is 11.2. The predicted molar refractivity (Wildman–Crippen MR) is 185 cm³/mol. The van der Waals surface area contributed by atoms with Crippen molar-refractivity contribution in [3.05, 3.63) is 90.7 Å². The minimum Gasteiger partial charge on any atom is -0.497 e. The van der Waals surface area contributed by atoms with Crippen LogP contribution in [-0.4, -0.2) is 86.9 Å². The SMILES string of the molecule is COc1cccc(-c2nc(-c3ccc(S(=O)(=O)N(CC(C)C)C[C@@H](O)[C@H](Cc4ccccc4)NC(=O)O[C@H]4CO[C@H]5OCC[C@H]54)cc3)co2)c1. The van der Waals surface area contributed by atoms with Gasteiger partial charge in [-0.2, -0.15) is 4.31 Å². The normalized spacial score (nSPS) is 20.1. The number of carbonyl (C=O) groups excluding carboxylic acids is 1. The second-order valence-electron chi connectivity index (χ2n) is 13.0. The number of nitrogens with one attached hydrogen (secondary N) is 1. The molecule has 2 fully saturated rings. The molecular formula is C37H43N3O9S. The number of methoxy groups -OCH3 is 1. The van der Waals surface area contributed by atoms with Crippen molar-refractivity contribution in [2.24, 2.45) is 11.8 Å². The van der Waals surface area contributed by atoms with E-state index in [9.17, 15) is 18.3 Å². The first-order valence-corrected chi connectivity index (χ1v) is 18.2. The first-order chi connectivity index (χ1) is 24.1. The van der Waals surface area contributed by atoms with Crippen LogP contribution in [0.1, 0.15) is 25.8 Å². The maximum Gasteiger partial charge on any atom is 0.407 e. The van der Waals surface area contributed by atoms with Crippen molar-refractivity contribution in [3.8, 4) is 28.5 Å². The number of sulfonamides is 1. The van der Waals surface area contributed by atoms with E-state index in [0.717, 1.165) is 17.5 Å². The number of hydrogen-bond acceptors (Lipinski definition) is 10. The van der Waals surface area contributed by atoms with Gasteiger partial charge in [-0.05, 0) is 54.7 Å². The average molecular weight is 706 g/mol. The Morgan fingerprint density at radius 1 is 1.02 bits per heavy atom. The summed E-state index contributed by atoms with van der Waals surface area (Å²) in [6.45, 7) is 4.48. The Bertz CT molecular complexity index is 1830. The summed E-state index contributed by atoms with van der Waals surface area (Å²) in [7, 11) is -2.47. The third-order valence-corrected chi connectivity index (χ3v) is 10.7. The molecule has 50 heavy (non-hydrogen) atoms. The van der Waals surface area contributed by atoms with Gasteiger partial charge in [-0.25, -0.2) is 18.2 Å². The molecule has 2 saturated heterocycles. The zero-order chi connectivity index (χ0) is 35.3. The van der Waals surface area contributed by atoms with E-state index in [2.05, 4.69) is 10.3 Å². The Morgan fingerprint density at radius 3 is 2.54 bits per heavy atom. The molecular weight excluding hydrogens is 662 g/mol. The molecule has 12 nitrogen and oxygen atoms in total. The van der Waals surface area contributed by atoms with Crippen LogP contribution < -0.4 is 10.1 Å². The van der Waals surface area contributed by atoms with Gasteiger partial charge in [0.25, 0.3) is 0 Å². The van der Waals surface area contributed by atoms with Crippen LogP contribution >= 0.6 is 0 Å². The van der Waals surface area contributed by atoms with Crippen molar-refractivity contribution in [2.75, 3.05) is 33.4 Å². The molecule has 1 aromatic heterocycles. The predicted octanol–water partition coefficient (Wildman–Crippen LogP) is 5.12. The number of oxazole rings is 1. The minimum absolute atomic E-state index is 0.0455. The van der Waals surface area contributed by atoms with E-state index in [0.29, 0.717) is 29.5 Å². The van der Waals surface area contributed by atoms with Gasteiger partial charge in [0.15, 0.2) is 6.29 Å². The number of ether oxygens (including phenoxy) is 4. The summed E-state index contributed by atoms with van der Waals surface area (Å²) < 4.78 is 57.3. The first kappa shape index (κ1) is 35.6. The van der Waals surface area contributed by atoms with Gasteiger partial charge in [0, 0.05) is 24.2 Å². The van der Waals surface area contributed by atoms with Gasteiger partial charge in [0.05, 0.1) is 43.3 Å². The van der Waals surface area contributed by atoms with Gasteiger partial charge in [-0.3, -0.25) is 0 Å². The molecule has 2 aliphatic rings. The molecule has 0 spiro atoms. The van der Waals surface area contributed by atoms with Crippen molar-refractivity contribution < 1.29 is 41.7 Å². The summed E-state index contributed by atoms with van der Waals surface area (Å²) >= 11 is 0. The fraction of sp³-hybridized carbons (Fsp3) is 0.405. The standard InChI is InChI=1S/C37H43N3O9S/c1-24(2)20-40(50(43,44)29-14-12-26(13-15-29)32-22-47-35(38-32)27-10-7-11-28(19-27)45-3)21-33(41)31(18-25-8-5-4-6-9-25)39-37(42)49-34-23-48-36-30(34)16-17-46-36/h4-15,19,22,24,30-31,33-34,36,41H,16-18,20-21,23H2,1-3H3,(H,39,42)/t30-,31-,33+,34-,36+/m0/s1. The van der Waals surface area contributed by atoms with Crippen LogP contribution in [0.2, 0.25) is 0 Å². The van der Waals surface area contributed by atoms with Crippen molar-refractivity contribution in [1.82, 2.24) is 14.6 Å². The molecule has 3 aromatic carbocycles. The third kappa shape index (κ3) is 8.36. The third-order valence-electron chi connectivity index (χ3n) is 8.88. The van der Waals surface area contributed by atoms with E-state index in [1.165, 1.54) is 22.7 Å². The van der Waals surface area contributed by atoms with E-state index in [-0.39, 0.29) is 49.1 Å². The zero-order valence-electron chi connectivity index (χ0n) is 28.3. The number of amides is 1. The van der Waals surface area contributed by atoms with Gasteiger partial charge in [-0.15, -0.1) is 0 Å². The molecule has 0 radical (unpaired) electrons. The number of hydrogen-bond donors (Lipinski definition) is 2. The second kappa shape index (κ2) is 15.7. The lowest BCUT2D eigenvalue weighted by molar-refractivity contribution is -0.0907. The average Bonchev–Trinajstić information content (AvgIpc) is 3.88. The van der Waals surface area contributed by atoms with Crippen LogP contribution in [0.4, 0.5) is 4.79 Å². The Balaban J connectivity index is 1.18. The largest absolute Gasteiger partial charge is 0.497 e. The van der Waals surface area contributed by atoms with E-state index in [1.54, 1.807) is 19.2 Å². The highest BCUT2D eigenvalue weighted by atomic mass is 32.2. The maximum absolute atomic E-state index is 14.1. The number of fused-ring (bicyclic) bond motifs is 1. The van der Waals surface area contributed by atoms with E-state index in [4.69, 9.17) is 23.4 Å². The van der Waals surface area contributed by atoms with Crippen LogP contribution in [-0.2, 0) is 30.7 Å². The highest BCUT2D eigenvalue weighted by molar-refractivity contribution is 7.89. The van der Waals surface area contributed by atoms with Crippen molar-refractivity contribution >= 4 is 16.1 Å². The number of carbonyl (C=O) groups is 1. The van der Waals surface area contributed by atoms with Crippen molar-refractivity contribution in [1.29, 1.82) is 0 Å². The van der Waals surface area contributed by atoms with Crippen LogP contribution in [0.3, 0.4) is 0 Å². The second-order valence-corrected chi connectivity index (χ2v) is 14.9. The molecule has 1 amide bonds. The van der Waals surface area contributed by atoms with E-state index < -0.39 is 34.4 Å². The first-order valence-electron chi connectivity index (χ1n) is 16.7. The van der Waals surface area contributed by atoms with E-state index in [1.807, 2.05) is 68.4 Å². The Morgan fingerprint density at radius 2 is 1.80 bits per heavy atom. The summed E-state index contributed by atoms with van der Waals surface area (Å²) in [5.41, 5.74) is 2.83. The number of aliphatic hydroxyl groups excluding tert-OH is 1. The van der Waals surface area contributed by atoms with E-state index >= 15 is 0 Å². The molecule has 0 unspecified atom stereocenters. The molecule has 4 aromatic rings. The summed E-state index contributed by atoms with van der Waals surface area (Å²) in [6.07, 6.45) is -0.314. The summed E-state index contributed by atoms with van der Waals surface area (Å²) in [6, 6.07) is 22.3. The van der Waals surface area contributed by atoms with Crippen LogP contribution in [0, 0.1) is 11.8 Å². The molecule has 2 N–H and O–H groups in total. The lowest BCUT2D eigenvalue weighted by Gasteiger charge is -2.31. The number of nitrogens with zero attached hydrogens (tertiary/aromatic N) is 2. The van der Waals surface area contributed by atoms with Crippen molar-refractivity contribution in [3.63, 3.8) is 0 Å². The quantitative estimate of drug-likeness (QED) is 0.181. The maximum atomic E-state index is 14.1. The van der Waals surface area contributed by atoms with Gasteiger partial charge < -0.3 is 33.8 Å². The number of alkyl carbamates (subject to hydrolysis) is 1. The number of rotatable bonds is 14. The summed E-state index contributed by atoms with van der Waals surface area (Å²) in [5, 5.41) is 14.4. The van der Waals surface area contributed by atoms with Crippen LogP contribution in [0.5, 0.6) is 5.75 Å². The molecule has 0 aliphatic carbocycles. The number of aromatic nitrogens is 1. The molecule has 3 heterocycles. The zero-order valence-corrected chi connectivity index (χ0v) is 29.1. The minimum atomic E-state index is -4.06. The lowest BCUT2D eigenvalue weighted by Crippen LogP contribution is -2.51. The van der Waals surface area contributed by atoms with Crippen LogP contribution in [0.25, 0.3) is 22.7 Å². The molecule has 0 saturated carbocycles. The molecule has 5 atom stereocenters. The molecule has 0 bridgehead atoms. The molecule has 13 heteroatoms. The van der Waals surface area contributed by atoms with Gasteiger partial charge in [0.1, 0.15) is 23.8 Å². The smallest absolute Gasteiger partial charge is 0.407 e.